The summed E-state index contributed by atoms with van der Waals surface area (Å²) in [4.78, 5) is 39.4. The van der Waals surface area contributed by atoms with Crippen LogP contribution in [0.15, 0.2) is 41.2 Å². The van der Waals surface area contributed by atoms with Gasteiger partial charge in [0.15, 0.2) is 0 Å². The monoisotopic (exact) mass is 408 g/mol. The number of rotatable bonds is 5. The minimum Gasteiger partial charge on any atom is -0.353 e. The molecule has 1 aromatic heterocycles. The fourth-order valence-electron chi connectivity index (χ4n) is 4.48. The van der Waals surface area contributed by atoms with Gasteiger partial charge in [0, 0.05) is 30.3 Å². The topological polar surface area (TPSA) is 84.3 Å². The van der Waals surface area contributed by atoms with E-state index in [0.29, 0.717) is 0 Å². The molecule has 2 aliphatic rings. The second-order valence-corrected chi connectivity index (χ2v) is 8.29. The van der Waals surface area contributed by atoms with E-state index < -0.39 is 0 Å². The highest BCUT2D eigenvalue weighted by Gasteiger charge is 2.32. The number of hydrogen-bond donors (Lipinski definition) is 1. The van der Waals surface area contributed by atoms with Crippen LogP contribution in [0.3, 0.4) is 0 Å². The Morgan fingerprint density at radius 2 is 1.87 bits per heavy atom. The van der Waals surface area contributed by atoms with Gasteiger partial charge < -0.3 is 10.2 Å². The van der Waals surface area contributed by atoms with E-state index in [-0.39, 0.29) is 48.1 Å². The fourth-order valence-corrected chi connectivity index (χ4v) is 4.48. The van der Waals surface area contributed by atoms with Crippen LogP contribution in [0.5, 0.6) is 0 Å². The Hall–Kier alpha value is -2.96. The Labute approximate surface area is 176 Å². The summed E-state index contributed by atoms with van der Waals surface area (Å²) in [6.07, 6.45) is 6.52. The van der Waals surface area contributed by atoms with Crippen LogP contribution in [0.1, 0.15) is 61.5 Å². The maximum atomic E-state index is 13.2. The number of aromatic nitrogens is 2. The molecule has 1 aliphatic heterocycles. The summed E-state index contributed by atoms with van der Waals surface area (Å²) in [7, 11) is 0. The molecule has 7 heteroatoms. The van der Waals surface area contributed by atoms with Crippen LogP contribution in [0.25, 0.3) is 0 Å². The summed E-state index contributed by atoms with van der Waals surface area (Å²) in [5.41, 5.74) is 1.92. The molecule has 2 heterocycles. The van der Waals surface area contributed by atoms with Gasteiger partial charge in [0.1, 0.15) is 5.69 Å². The number of benzene rings is 1. The number of amides is 2. The van der Waals surface area contributed by atoms with E-state index in [0.717, 1.165) is 43.4 Å². The van der Waals surface area contributed by atoms with Crippen molar-refractivity contribution in [2.24, 2.45) is 0 Å². The van der Waals surface area contributed by atoms with Crippen LogP contribution >= 0.6 is 0 Å². The summed E-state index contributed by atoms with van der Waals surface area (Å²) in [5, 5.41) is 7.33. The van der Waals surface area contributed by atoms with Crippen molar-refractivity contribution in [1.29, 1.82) is 0 Å². The number of nitrogens with one attached hydrogen (secondary N) is 1. The minimum absolute atomic E-state index is 0.0262. The van der Waals surface area contributed by atoms with E-state index >= 15 is 0 Å². The van der Waals surface area contributed by atoms with Gasteiger partial charge in [0.05, 0.1) is 6.54 Å². The van der Waals surface area contributed by atoms with Gasteiger partial charge in [-0.3, -0.25) is 14.4 Å². The summed E-state index contributed by atoms with van der Waals surface area (Å²) in [5.74, 6) is -0.303. The lowest BCUT2D eigenvalue weighted by atomic mass is 9.95. The predicted molar refractivity (Wildman–Crippen MR) is 115 cm³/mol. The zero-order valence-corrected chi connectivity index (χ0v) is 17.3. The van der Waals surface area contributed by atoms with E-state index in [1.807, 2.05) is 31.2 Å². The largest absolute Gasteiger partial charge is 0.353 e. The molecule has 1 N–H and O–H groups in total. The number of fused-ring (bicyclic) bond motifs is 1. The van der Waals surface area contributed by atoms with Gasteiger partial charge in [-0.25, -0.2) is 4.68 Å². The van der Waals surface area contributed by atoms with Crippen LogP contribution in [-0.4, -0.2) is 33.7 Å². The van der Waals surface area contributed by atoms with Crippen LogP contribution in [-0.2, 0) is 17.8 Å². The molecule has 1 aromatic carbocycles. The number of carbonyl (C=O) groups is 2. The number of para-hydroxylation sites is 1. The molecule has 1 aliphatic carbocycles. The Kier molecular flexibility index (Phi) is 5.97. The molecule has 0 bridgehead atoms. The van der Waals surface area contributed by atoms with Gasteiger partial charge in [-0.1, -0.05) is 37.5 Å². The zero-order valence-electron chi connectivity index (χ0n) is 17.3. The smallest absolute Gasteiger partial charge is 0.278 e. The van der Waals surface area contributed by atoms with Crippen molar-refractivity contribution in [2.45, 2.75) is 70.5 Å². The van der Waals surface area contributed by atoms with Gasteiger partial charge >= 0.3 is 0 Å². The third-order valence-electron chi connectivity index (χ3n) is 6.03. The maximum absolute atomic E-state index is 13.2. The van der Waals surface area contributed by atoms with Crippen molar-refractivity contribution in [2.75, 3.05) is 4.90 Å². The molecule has 1 atom stereocenters. The first-order valence-electron chi connectivity index (χ1n) is 10.8. The second kappa shape index (κ2) is 8.81. The van der Waals surface area contributed by atoms with Gasteiger partial charge in [-0.15, -0.1) is 0 Å². The highest BCUT2D eigenvalue weighted by molar-refractivity contribution is 6.06. The molecule has 7 nitrogen and oxygen atoms in total. The van der Waals surface area contributed by atoms with E-state index in [2.05, 4.69) is 10.4 Å². The first-order chi connectivity index (χ1) is 14.5. The van der Waals surface area contributed by atoms with Crippen molar-refractivity contribution in [1.82, 2.24) is 15.1 Å². The quantitative estimate of drug-likeness (QED) is 0.824. The van der Waals surface area contributed by atoms with Crippen LogP contribution < -0.4 is 15.8 Å². The third-order valence-corrected chi connectivity index (χ3v) is 6.03. The Balaban J connectivity index is 1.45. The molecule has 4 rings (SSSR count). The average Bonchev–Trinajstić information content (AvgIpc) is 3.09. The summed E-state index contributed by atoms with van der Waals surface area (Å²) >= 11 is 0. The summed E-state index contributed by atoms with van der Waals surface area (Å²) < 4.78 is 1.22. The normalized spacial score (nSPS) is 18.8. The van der Waals surface area contributed by atoms with E-state index in [4.69, 9.17) is 0 Å². The van der Waals surface area contributed by atoms with E-state index in [1.54, 1.807) is 4.90 Å². The first kappa shape index (κ1) is 20.3. The summed E-state index contributed by atoms with van der Waals surface area (Å²) in [6.45, 7) is 2.16. The second-order valence-electron chi connectivity index (χ2n) is 8.29. The first-order valence-corrected chi connectivity index (χ1v) is 10.8. The van der Waals surface area contributed by atoms with Gasteiger partial charge in [0.2, 0.25) is 5.91 Å². The zero-order chi connectivity index (χ0) is 21.1. The number of nitrogens with zero attached hydrogens (tertiary/aromatic N) is 3. The Bertz CT molecular complexity index is 994. The van der Waals surface area contributed by atoms with Gasteiger partial charge in [-0.05, 0) is 43.9 Å². The number of anilines is 1. The van der Waals surface area contributed by atoms with Crippen molar-refractivity contribution >= 4 is 17.5 Å². The Morgan fingerprint density at radius 3 is 2.67 bits per heavy atom. The van der Waals surface area contributed by atoms with Gasteiger partial charge in [0.25, 0.3) is 11.5 Å². The molecule has 1 fully saturated rings. The molecule has 0 spiro atoms. The lowest BCUT2D eigenvalue weighted by Gasteiger charge is -2.23. The minimum atomic E-state index is -0.313. The van der Waals surface area contributed by atoms with Crippen LogP contribution in [0.2, 0.25) is 0 Å². The Morgan fingerprint density at radius 1 is 1.10 bits per heavy atom. The fraction of sp³-hybridized carbons (Fsp3) is 0.478. The molecular weight excluding hydrogens is 380 g/mol. The SMILES string of the molecule is CC1Cc2ccccc2N1C(=O)c1ccc(=O)n(CCC(=O)NC2CCCCC2)n1. The molecule has 1 saturated carbocycles. The molecule has 2 aromatic rings. The average molecular weight is 409 g/mol. The molecule has 2 amide bonds. The lowest BCUT2D eigenvalue weighted by Crippen LogP contribution is -2.38. The molecule has 1 unspecified atom stereocenters. The maximum Gasteiger partial charge on any atom is 0.278 e. The molecular formula is C23H28N4O3. The van der Waals surface area contributed by atoms with E-state index in [9.17, 15) is 14.4 Å². The van der Waals surface area contributed by atoms with Crippen molar-refractivity contribution < 1.29 is 9.59 Å². The van der Waals surface area contributed by atoms with Crippen molar-refractivity contribution in [3.8, 4) is 0 Å². The molecule has 0 saturated heterocycles. The number of carbonyl (C=O) groups excluding carboxylic acids is 2. The highest BCUT2D eigenvalue weighted by Crippen LogP contribution is 2.32. The van der Waals surface area contributed by atoms with Crippen molar-refractivity contribution in [3.63, 3.8) is 0 Å². The molecule has 0 radical (unpaired) electrons. The molecule has 158 valence electrons. The van der Waals surface area contributed by atoms with Crippen LogP contribution in [0, 0.1) is 0 Å². The predicted octanol–water partition coefficient (Wildman–Crippen LogP) is 2.67. The molecule has 30 heavy (non-hydrogen) atoms. The third kappa shape index (κ3) is 4.30. The van der Waals surface area contributed by atoms with Crippen molar-refractivity contribution in [3.05, 3.63) is 58.0 Å². The number of hydrogen-bond acceptors (Lipinski definition) is 4. The van der Waals surface area contributed by atoms with Gasteiger partial charge in [-0.2, -0.15) is 5.10 Å². The number of aryl methyl sites for hydroxylation is 1. The highest BCUT2D eigenvalue weighted by atomic mass is 16.2. The van der Waals surface area contributed by atoms with E-state index in [1.165, 1.54) is 23.2 Å². The summed E-state index contributed by atoms with van der Waals surface area (Å²) in [6, 6.07) is 10.9. The standard InChI is InChI=1S/C23H28N4O3/c1-16-15-17-7-5-6-10-20(17)27(16)23(30)19-11-12-22(29)26(25-19)14-13-21(28)24-18-8-3-2-4-9-18/h5-7,10-12,16,18H,2-4,8-9,13-15H2,1H3,(H,24,28). The van der Waals surface area contributed by atoms with Crippen LogP contribution in [0.4, 0.5) is 5.69 Å². The lowest BCUT2D eigenvalue weighted by molar-refractivity contribution is -0.122.